The topological polar surface area (TPSA) is 113 Å². The Balaban J connectivity index is 1.62. The van der Waals surface area contributed by atoms with Gasteiger partial charge >= 0.3 is 0 Å². The average molecular weight is 342 g/mol. The third-order valence-electron chi connectivity index (χ3n) is 3.23. The molecule has 0 atom stereocenters. The molecule has 9 nitrogen and oxygen atoms in total. The maximum absolute atomic E-state index is 10.8. The molecule has 0 spiro atoms. The van der Waals surface area contributed by atoms with Crippen LogP contribution < -0.4 is 9.47 Å². The van der Waals surface area contributed by atoms with Gasteiger partial charge < -0.3 is 14.0 Å². The Bertz CT molecular complexity index is 892. The van der Waals surface area contributed by atoms with Gasteiger partial charge in [0.25, 0.3) is 11.6 Å². The first kappa shape index (κ1) is 16.4. The molecule has 2 aromatic heterocycles. The summed E-state index contributed by atoms with van der Waals surface area (Å²) in [5.41, 5.74) is 0.428. The van der Waals surface area contributed by atoms with Crippen LogP contribution in [0, 0.1) is 24.0 Å². The minimum Gasteiger partial charge on any atom is -0.484 e. The van der Waals surface area contributed by atoms with Crippen molar-refractivity contribution < 1.29 is 18.9 Å². The molecule has 0 aliphatic rings. The van der Waals surface area contributed by atoms with E-state index in [0.717, 1.165) is 0 Å². The van der Waals surface area contributed by atoms with Crippen LogP contribution in [0.15, 0.2) is 41.1 Å². The van der Waals surface area contributed by atoms with Gasteiger partial charge in [-0.15, -0.1) is 0 Å². The Labute approximate surface area is 142 Å². The van der Waals surface area contributed by atoms with Gasteiger partial charge in [0.05, 0.1) is 4.92 Å². The molecule has 3 aromatic rings. The fourth-order valence-corrected chi connectivity index (χ4v) is 2.04. The second-order valence-corrected chi connectivity index (χ2v) is 5.16. The Kier molecular flexibility index (Phi) is 4.55. The summed E-state index contributed by atoms with van der Waals surface area (Å²) in [6, 6.07) is 8.35. The van der Waals surface area contributed by atoms with Crippen molar-refractivity contribution in [3.05, 3.63) is 63.9 Å². The molecular weight excluding hydrogens is 328 g/mol. The number of ether oxygens (including phenoxy) is 2. The van der Waals surface area contributed by atoms with E-state index < -0.39 is 4.92 Å². The number of nitrogens with zero attached hydrogens (tertiary/aromatic N) is 4. The molecule has 128 valence electrons. The number of pyridine rings is 1. The highest BCUT2D eigenvalue weighted by Gasteiger charge is 2.12. The molecule has 0 saturated carbocycles. The molecule has 25 heavy (non-hydrogen) atoms. The number of benzene rings is 1. The zero-order chi connectivity index (χ0) is 17.8. The van der Waals surface area contributed by atoms with E-state index in [0.29, 0.717) is 28.8 Å². The molecule has 0 unspecified atom stereocenters. The van der Waals surface area contributed by atoms with Crippen molar-refractivity contribution >= 4 is 5.69 Å². The minimum atomic E-state index is -0.483. The van der Waals surface area contributed by atoms with Crippen LogP contribution in [0.2, 0.25) is 0 Å². The zero-order valence-corrected chi connectivity index (χ0v) is 13.5. The van der Waals surface area contributed by atoms with Crippen molar-refractivity contribution in [2.24, 2.45) is 0 Å². The fourth-order valence-electron chi connectivity index (χ4n) is 2.04. The first-order valence-corrected chi connectivity index (χ1v) is 7.32. The van der Waals surface area contributed by atoms with Crippen LogP contribution in [-0.2, 0) is 6.61 Å². The predicted octanol–water partition coefficient (Wildman–Crippen LogP) is 3.36. The number of hydrogen-bond acceptors (Lipinski definition) is 8. The van der Waals surface area contributed by atoms with E-state index in [1.165, 1.54) is 12.3 Å². The Morgan fingerprint density at radius 3 is 2.52 bits per heavy atom. The maximum Gasteiger partial charge on any atom is 0.290 e. The molecule has 0 aliphatic carbocycles. The molecule has 1 aromatic carbocycles. The van der Waals surface area contributed by atoms with Crippen LogP contribution >= 0.6 is 0 Å². The lowest BCUT2D eigenvalue weighted by Crippen LogP contribution is -1.96. The Morgan fingerprint density at radius 2 is 1.92 bits per heavy atom. The second kappa shape index (κ2) is 6.95. The summed E-state index contributed by atoms with van der Waals surface area (Å²) >= 11 is 0. The van der Waals surface area contributed by atoms with Gasteiger partial charge in [-0.1, -0.05) is 5.16 Å². The lowest BCUT2D eigenvalue weighted by atomic mass is 10.2. The van der Waals surface area contributed by atoms with Crippen molar-refractivity contribution in [2.75, 3.05) is 0 Å². The third kappa shape index (κ3) is 4.08. The lowest BCUT2D eigenvalue weighted by Gasteiger charge is -2.07. The van der Waals surface area contributed by atoms with Crippen molar-refractivity contribution in [3.8, 4) is 17.4 Å². The van der Waals surface area contributed by atoms with E-state index in [1.54, 1.807) is 38.1 Å². The van der Waals surface area contributed by atoms with Crippen LogP contribution in [0.25, 0.3) is 0 Å². The maximum atomic E-state index is 10.8. The molecule has 0 N–H and O–H groups in total. The summed E-state index contributed by atoms with van der Waals surface area (Å²) < 4.78 is 16.1. The summed E-state index contributed by atoms with van der Waals surface area (Å²) in [6.07, 6.45) is 1.18. The molecule has 3 rings (SSSR count). The minimum absolute atomic E-state index is 0.0487. The monoisotopic (exact) mass is 342 g/mol. The molecule has 0 saturated heterocycles. The van der Waals surface area contributed by atoms with Gasteiger partial charge in [0, 0.05) is 11.6 Å². The number of aryl methyl sites for hydroxylation is 2. The van der Waals surface area contributed by atoms with Crippen molar-refractivity contribution in [1.82, 2.24) is 15.1 Å². The summed E-state index contributed by atoms with van der Waals surface area (Å²) in [5, 5.41) is 14.5. The van der Waals surface area contributed by atoms with E-state index >= 15 is 0 Å². The average Bonchev–Trinajstić information content (AvgIpc) is 2.99. The predicted molar refractivity (Wildman–Crippen MR) is 85.5 cm³/mol. The van der Waals surface area contributed by atoms with Crippen molar-refractivity contribution in [2.45, 2.75) is 20.5 Å². The van der Waals surface area contributed by atoms with E-state index in [4.69, 9.17) is 14.0 Å². The summed E-state index contributed by atoms with van der Waals surface area (Å²) in [6.45, 7) is 3.53. The van der Waals surface area contributed by atoms with Crippen LogP contribution in [0.3, 0.4) is 0 Å². The van der Waals surface area contributed by atoms with Crippen LogP contribution in [0.5, 0.6) is 17.4 Å². The Morgan fingerprint density at radius 1 is 1.20 bits per heavy atom. The largest absolute Gasteiger partial charge is 0.484 e. The zero-order valence-electron chi connectivity index (χ0n) is 13.5. The molecule has 2 heterocycles. The summed E-state index contributed by atoms with van der Waals surface area (Å²) in [4.78, 5) is 18.3. The van der Waals surface area contributed by atoms with E-state index in [2.05, 4.69) is 15.1 Å². The van der Waals surface area contributed by atoms with Crippen LogP contribution in [0.1, 0.15) is 17.3 Å². The highest BCUT2D eigenvalue weighted by Crippen LogP contribution is 2.26. The smallest absolute Gasteiger partial charge is 0.290 e. The Hall–Kier alpha value is -3.49. The molecule has 0 radical (unpaired) electrons. The first-order valence-electron chi connectivity index (χ1n) is 7.32. The summed E-state index contributed by atoms with van der Waals surface area (Å²) in [5.74, 6) is 2.35. The second-order valence-electron chi connectivity index (χ2n) is 5.16. The highest BCUT2D eigenvalue weighted by atomic mass is 16.6. The number of rotatable bonds is 6. The standard InChI is InChI=1S/C16H14N4O5/c1-10-7-15(17-8-14(10)20(21)22)24-13-5-3-12(4-6-13)23-9-16-18-11(2)19-25-16/h3-8H,9H2,1-2H3. The van der Waals surface area contributed by atoms with Crippen LogP contribution in [0.4, 0.5) is 5.69 Å². The van der Waals surface area contributed by atoms with E-state index in [1.807, 2.05) is 0 Å². The van der Waals surface area contributed by atoms with Gasteiger partial charge in [-0.25, -0.2) is 4.98 Å². The molecular formula is C16H14N4O5. The van der Waals surface area contributed by atoms with E-state index in [-0.39, 0.29) is 18.2 Å². The van der Waals surface area contributed by atoms with Gasteiger partial charge in [-0.05, 0) is 38.1 Å². The number of hydrogen-bond donors (Lipinski definition) is 0. The number of aromatic nitrogens is 3. The van der Waals surface area contributed by atoms with Gasteiger partial charge in [-0.2, -0.15) is 4.98 Å². The van der Waals surface area contributed by atoms with Crippen molar-refractivity contribution in [3.63, 3.8) is 0 Å². The van der Waals surface area contributed by atoms with Gasteiger partial charge in [-0.3, -0.25) is 10.1 Å². The van der Waals surface area contributed by atoms with Gasteiger partial charge in [0.1, 0.15) is 17.7 Å². The molecule has 0 amide bonds. The van der Waals surface area contributed by atoms with Crippen LogP contribution in [-0.4, -0.2) is 20.0 Å². The lowest BCUT2D eigenvalue weighted by molar-refractivity contribution is -0.385. The molecule has 0 fully saturated rings. The molecule has 0 aliphatic heterocycles. The van der Waals surface area contributed by atoms with E-state index in [9.17, 15) is 10.1 Å². The highest BCUT2D eigenvalue weighted by molar-refractivity contribution is 5.41. The molecule has 0 bridgehead atoms. The molecule has 9 heteroatoms. The van der Waals surface area contributed by atoms with Crippen molar-refractivity contribution in [1.29, 1.82) is 0 Å². The fraction of sp³-hybridized carbons (Fsp3) is 0.188. The summed E-state index contributed by atoms with van der Waals surface area (Å²) in [7, 11) is 0. The number of nitro groups is 1. The van der Waals surface area contributed by atoms with Gasteiger partial charge in [0.15, 0.2) is 12.4 Å². The quantitative estimate of drug-likeness (QED) is 0.495. The third-order valence-corrected chi connectivity index (χ3v) is 3.23. The van der Waals surface area contributed by atoms with Gasteiger partial charge in [0.2, 0.25) is 5.88 Å². The normalized spacial score (nSPS) is 10.5. The SMILES string of the molecule is Cc1noc(COc2ccc(Oc3cc(C)c([N+](=O)[O-])cn3)cc2)n1. The first-order chi connectivity index (χ1) is 12.0.